The second kappa shape index (κ2) is 6.65. The second-order valence-corrected chi connectivity index (χ2v) is 3.04. The monoisotopic (exact) mass is 238 g/mol. The van der Waals surface area contributed by atoms with Crippen molar-refractivity contribution < 1.29 is 24.1 Å². The molecular weight excluding hydrogens is 224 g/mol. The summed E-state index contributed by atoms with van der Waals surface area (Å²) in [6.07, 6.45) is 0. The van der Waals surface area contributed by atoms with Crippen molar-refractivity contribution in [2.24, 2.45) is 0 Å². The topological polar surface area (TPSA) is 61.8 Å². The van der Waals surface area contributed by atoms with Crippen LogP contribution in [0.5, 0.6) is 0 Å². The normalized spacial score (nSPS) is 9.76. The number of carbonyl (C=O) groups is 2. The Hall–Kier alpha value is -1.88. The smallest absolute Gasteiger partial charge is 0.373 e. The van der Waals surface area contributed by atoms with Gasteiger partial charge >= 0.3 is 11.9 Å². The first-order valence-electron chi connectivity index (χ1n) is 5.30. The maximum atomic E-state index is 11.6. The number of carbonyl (C=O) groups excluding carboxylic acids is 2. The number of rotatable bonds is 5. The maximum absolute atomic E-state index is 11.6. The summed E-state index contributed by atoms with van der Waals surface area (Å²) in [6, 6.07) is 6.25. The fourth-order valence-electron chi connectivity index (χ4n) is 1.21. The van der Waals surface area contributed by atoms with Crippen LogP contribution in [0, 0.1) is 0 Å². The molecule has 0 spiro atoms. The van der Waals surface area contributed by atoms with Crippen molar-refractivity contribution in [1.82, 2.24) is 0 Å². The largest absolute Gasteiger partial charge is 0.462 e. The lowest BCUT2D eigenvalue weighted by Crippen LogP contribution is -2.14. The third kappa shape index (κ3) is 3.57. The summed E-state index contributed by atoms with van der Waals surface area (Å²) in [4.78, 5) is 32.2. The third-order valence-corrected chi connectivity index (χ3v) is 1.89. The molecule has 0 unspecified atom stereocenters. The molecule has 5 heteroatoms. The van der Waals surface area contributed by atoms with E-state index >= 15 is 0 Å². The van der Waals surface area contributed by atoms with E-state index in [1.165, 1.54) is 12.1 Å². The van der Waals surface area contributed by atoms with Crippen LogP contribution in [0.15, 0.2) is 24.3 Å². The van der Waals surface area contributed by atoms with Gasteiger partial charge in [0.15, 0.2) is 0 Å². The molecule has 0 aliphatic heterocycles. The lowest BCUT2D eigenvalue weighted by atomic mass is 10.1. The van der Waals surface area contributed by atoms with Crippen LogP contribution in [0.1, 0.15) is 34.6 Å². The molecule has 0 fully saturated rings. The van der Waals surface area contributed by atoms with Gasteiger partial charge < -0.3 is 4.74 Å². The molecule has 92 valence electrons. The minimum absolute atomic E-state index is 0.124. The average molecular weight is 238 g/mol. The molecule has 0 atom stereocenters. The molecular formula is C12H14O5. The highest BCUT2D eigenvalue weighted by atomic mass is 17.2. The molecule has 0 aromatic heterocycles. The molecule has 1 rings (SSSR count). The predicted molar refractivity (Wildman–Crippen MR) is 59.4 cm³/mol. The van der Waals surface area contributed by atoms with Gasteiger partial charge in [0.2, 0.25) is 0 Å². The van der Waals surface area contributed by atoms with E-state index in [2.05, 4.69) is 9.78 Å². The molecule has 0 radical (unpaired) electrons. The Bertz CT molecular complexity index is 400. The number of hydrogen-bond donors (Lipinski definition) is 0. The Morgan fingerprint density at radius 1 is 1.00 bits per heavy atom. The Morgan fingerprint density at radius 2 is 1.59 bits per heavy atom. The minimum Gasteiger partial charge on any atom is -0.462 e. The Morgan fingerprint density at radius 3 is 2.12 bits per heavy atom. The molecule has 0 amide bonds. The summed E-state index contributed by atoms with van der Waals surface area (Å²) < 4.78 is 4.84. The van der Waals surface area contributed by atoms with Gasteiger partial charge in [-0.2, -0.15) is 4.89 Å². The standard InChI is InChI=1S/C12H14O5/c1-3-15-11(13)9-7-5-6-8-10(9)12(14)17-16-4-2/h5-8H,3-4H2,1-2H3. The van der Waals surface area contributed by atoms with E-state index in [4.69, 9.17) is 4.74 Å². The summed E-state index contributed by atoms with van der Waals surface area (Å²) >= 11 is 0. The second-order valence-electron chi connectivity index (χ2n) is 3.04. The first kappa shape index (κ1) is 13.2. The molecule has 0 saturated heterocycles. The van der Waals surface area contributed by atoms with Gasteiger partial charge in [-0.1, -0.05) is 12.1 Å². The van der Waals surface area contributed by atoms with Gasteiger partial charge in [0.1, 0.15) is 0 Å². The van der Waals surface area contributed by atoms with Crippen molar-refractivity contribution in [3.63, 3.8) is 0 Å². The SMILES string of the molecule is CCOOC(=O)c1ccccc1C(=O)OCC. The van der Waals surface area contributed by atoms with E-state index in [1.54, 1.807) is 26.0 Å². The zero-order chi connectivity index (χ0) is 12.7. The van der Waals surface area contributed by atoms with Gasteiger partial charge in [0, 0.05) is 0 Å². The highest BCUT2D eigenvalue weighted by Crippen LogP contribution is 2.12. The lowest BCUT2D eigenvalue weighted by Gasteiger charge is -2.07. The first-order valence-corrected chi connectivity index (χ1v) is 5.30. The average Bonchev–Trinajstić information content (AvgIpc) is 2.36. The van der Waals surface area contributed by atoms with E-state index in [1.807, 2.05) is 0 Å². The zero-order valence-electron chi connectivity index (χ0n) is 9.76. The molecule has 0 N–H and O–H groups in total. The van der Waals surface area contributed by atoms with Crippen LogP contribution >= 0.6 is 0 Å². The quantitative estimate of drug-likeness (QED) is 0.446. The molecule has 0 aliphatic carbocycles. The number of benzene rings is 1. The Balaban J connectivity index is 2.91. The number of ether oxygens (including phenoxy) is 1. The van der Waals surface area contributed by atoms with Crippen LogP contribution in [0.2, 0.25) is 0 Å². The van der Waals surface area contributed by atoms with E-state index in [0.29, 0.717) is 0 Å². The summed E-state index contributed by atoms with van der Waals surface area (Å²) in [6.45, 7) is 3.87. The van der Waals surface area contributed by atoms with Gasteiger partial charge in [-0.3, -0.25) is 4.89 Å². The Kier molecular flexibility index (Phi) is 5.16. The highest BCUT2D eigenvalue weighted by molar-refractivity contribution is 6.02. The van der Waals surface area contributed by atoms with Crippen LogP contribution in [0.3, 0.4) is 0 Å². The maximum Gasteiger partial charge on any atom is 0.373 e. The zero-order valence-corrected chi connectivity index (χ0v) is 9.76. The van der Waals surface area contributed by atoms with Crippen molar-refractivity contribution >= 4 is 11.9 Å². The number of esters is 1. The summed E-state index contributed by atoms with van der Waals surface area (Å²) in [5.41, 5.74) is 0.290. The minimum atomic E-state index is -0.712. The van der Waals surface area contributed by atoms with Gasteiger partial charge in [-0.15, -0.1) is 0 Å². The Labute approximate surface area is 99.2 Å². The molecule has 0 saturated carbocycles. The van der Waals surface area contributed by atoms with E-state index in [0.717, 1.165) is 0 Å². The van der Waals surface area contributed by atoms with Crippen LogP contribution in [0.25, 0.3) is 0 Å². The van der Waals surface area contributed by atoms with Crippen molar-refractivity contribution in [2.75, 3.05) is 13.2 Å². The van der Waals surface area contributed by atoms with Gasteiger partial charge in [-0.25, -0.2) is 9.59 Å². The molecule has 5 nitrogen and oxygen atoms in total. The fraction of sp³-hybridized carbons (Fsp3) is 0.333. The van der Waals surface area contributed by atoms with Crippen molar-refractivity contribution in [2.45, 2.75) is 13.8 Å². The van der Waals surface area contributed by atoms with Gasteiger partial charge in [0.05, 0.1) is 24.3 Å². The predicted octanol–water partition coefficient (Wildman–Crippen LogP) is 1.97. The van der Waals surface area contributed by atoms with Gasteiger partial charge in [0.25, 0.3) is 0 Å². The fourth-order valence-corrected chi connectivity index (χ4v) is 1.21. The summed E-state index contributed by atoms with van der Waals surface area (Å²) in [5.74, 6) is -1.27. The highest BCUT2D eigenvalue weighted by Gasteiger charge is 2.19. The molecule has 1 aromatic rings. The summed E-state index contributed by atoms with van der Waals surface area (Å²) in [5, 5.41) is 0. The van der Waals surface area contributed by atoms with Crippen LogP contribution in [-0.4, -0.2) is 25.2 Å². The third-order valence-electron chi connectivity index (χ3n) is 1.89. The summed E-state index contributed by atoms with van der Waals surface area (Å²) in [7, 11) is 0. The van der Waals surface area contributed by atoms with Crippen LogP contribution in [-0.2, 0) is 14.5 Å². The van der Waals surface area contributed by atoms with E-state index < -0.39 is 11.9 Å². The van der Waals surface area contributed by atoms with Crippen molar-refractivity contribution in [1.29, 1.82) is 0 Å². The molecule has 0 bridgehead atoms. The lowest BCUT2D eigenvalue weighted by molar-refractivity contribution is -0.236. The molecule has 17 heavy (non-hydrogen) atoms. The van der Waals surface area contributed by atoms with Gasteiger partial charge in [-0.05, 0) is 26.0 Å². The van der Waals surface area contributed by atoms with Crippen molar-refractivity contribution in [3.8, 4) is 0 Å². The van der Waals surface area contributed by atoms with E-state index in [9.17, 15) is 9.59 Å². The first-order chi connectivity index (χ1) is 8.20. The van der Waals surface area contributed by atoms with Crippen LogP contribution in [0.4, 0.5) is 0 Å². The van der Waals surface area contributed by atoms with Crippen LogP contribution < -0.4 is 0 Å². The molecule has 0 heterocycles. The number of hydrogen-bond acceptors (Lipinski definition) is 5. The molecule has 0 aliphatic rings. The molecule has 1 aromatic carbocycles. The van der Waals surface area contributed by atoms with E-state index in [-0.39, 0.29) is 24.3 Å². The van der Waals surface area contributed by atoms with Crippen molar-refractivity contribution in [3.05, 3.63) is 35.4 Å².